The van der Waals surface area contributed by atoms with E-state index in [1.807, 2.05) is 64.1 Å². The molecule has 4 rings (SSSR count). The van der Waals surface area contributed by atoms with E-state index < -0.39 is 6.04 Å². The lowest BCUT2D eigenvalue weighted by molar-refractivity contribution is -0.127. The molecule has 0 N–H and O–H groups in total. The van der Waals surface area contributed by atoms with Gasteiger partial charge in [0.1, 0.15) is 17.5 Å². The molecule has 7 nitrogen and oxygen atoms in total. The molecule has 36 heavy (non-hydrogen) atoms. The summed E-state index contributed by atoms with van der Waals surface area (Å²) in [5.41, 5.74) is 3.59. The van der Waals surface area contributed by atoms with Crippen LogP contribution in [0, 0.1) is 6.92 Å². The number of allylic oxidation sites excluding steroid dienone is 1. The zero-order valence-electron chi connectivity index (χ0n) is 21.5. The molecule has 2 aromatic carbocycles. The van der Waals surface area contributed by atoms with Crippen molar-refractivity contribution in [3.8, 4) is 11.5 Å². The first kappa shape index (κ1) is 25.4. The number of thiazole rings is 1. The quantitative estimate of drug-likeness (QED) is 0.493. The number of fused-ring (bicyclic) bond motifs is 1. The molecule has 1 atom stereocenters. The van der Waals surface area contributed by atoms with Crippen molar-refractivity contribution in [2.45, 2.75) is 33.7 Å². The molecule has 0 fully saturated rings. The van der Waals surface area contributed by atoms with Crippen LogP contribution in [-0.2, 0) is 4.79 Å². The molecule has 0 spiro atoms. The number of aromatic nitrogens is 1. The first-order valence-corrected chi connectivity index (χ1v) is 12.7. The average Bonchev–Trinajstić information content (AvgIpc) is 3.18. The lowest BCUT2D eigenvalue weighted by Gasteiger charge is -2.30. The molecule has 1 aromatic heterocycles. The van der Waals surface area contributed by atoms with Crippen molar-refractivity contribution in [3.63, 3.8) is 0 Å². The van der Waals surface area contributed by atoms with E-state index in [9.17, 15) is 9.59 Å². The van der Waals surface area contributed by atoms with E-state index in [0.717, 1.165) is 11.1 Å². The van der Waals surface area contributed by atoms with Crippen LogP contribution in [0.5, 0.6) is 11.5 Å². The van der Waals surface area contributed by atoms with Crippen LogP contribution in [0.2, 0.25) is 0 Å². The van der Waals surface area contributed by atoms with Crippen molar-refractivity contribution >= 4 is 23.3 Å². The minimum Gasteiger partial charge on any atom is -0.497 e. The van der Waals surface area contributed by atoms with Gasteiger partial charge in [0.15, 0.2) is 4.80 Å². The molecule has 0 radical (unpaired) electrons. The molecular weight excluding hydrogens is 474 g/mol. The maximum Gasteiger partial charge on any atom is 0.271 e. The second kappa shape index (κ2) is 10.5. The third-order valence-electron chi connectivity index (χ3n) is 6.41. The SMILES string of the molecule is CCN(CC)C(=O)C1=C(C)N=c2s/c(=C/c3ccc(C)cc3)c(=O)n2[C@@H]1c1cc(OC)ccc1OC. The molecular formula is C28H31N3O4S. The van der Waals surface area contributed by atoms with E-state index in [1.54, 1.807) is 35.8 Å². The van der Waals surface area contributed by atoms with Crippen LogP contribution in [0.15, 0.2) is 63.5 Å². The number of benzene rings is 2. The van der Waals surface area contributed by atoms with Crippen molar-refractivity contribution in [2.24, 2.45) is 4.99 Å². The summed E-state index contributed by atoms with van der Waals surface area (Å²) in [5, 5.41) is 0. The van der Waals surface area contributed by atoms with Crippen molar-refractivity contribution in [2.75, 3.05) is 27.3 Å². The van der Waals surface area contributed by atoms with Gasteiger partial charge in [-0.25, -0.2) is 4.99 Å². The zero-order chi connectivity index (χ0) is 26.0. The molecule has 8 heteroatoms. The summed E-state index contributed by atoms with van der Waals surface area (Å²) >= 11 is 1.32. The van der Waals surface area contributed by atoms with Gasteiger partial charge in [-0.2, -0.15) is 0 Å². The molecule has 1 aliphatic heterocycles. The topological polar surface area (TPSA) is 73.1 Å². The summed E-state index contributed by atoms with van der Waals surface area (Å²) in [4.78, 5) is 34.7. The molecule has 0 aliphatic carbocycles. The van der Waals surface area contributed by atoms with Gasteiger partial charge in [-0.15, -0.1) is 0 Å². The van der Waals surface area contributed by atoms with Gasteiger partial charge in [-0.05, 0) is 57.5 Å². The Kier molecular flexibility index (Phi) is 7.45. The monoisotopic (exact) mass is 505 g/mol. The number of hydrogen-bond acceptors (Lipinski definition) is 6. The standard InChI is InChI=1S/C28H31N3O4S/c1-7-30(8-2)27(33)24-18(4)29-28-31(25(24)21-16-20(34-5)13-14-22(21)35-6)26(32)23(36-28)15-19-11-9-17(3)10-12-19/h9-16,25H,7-8H2,1-6H3/b23-15+/t25-/m1/s1. The number of methoxy groups -OCH3 is 2. The molecule has 0 unspecified atom stereocenters. The van der Waals surface area contributed by atoms with Crippen LogP contribution in [0.25, 0.3) is 6.08 Å². The molecule has 0 bridgehead atoms. The van der Waals surface area contributed by atoms with Crippen LogP contribution in [0.4, 0.5) is 0 Å². The number of amides is 1. The lowest BCUT2D eigenvalue weighted by atomic mass is 9.93. The van der Waals surface area contributed by atoms with Gasteiger partial charge in [0.05, 0.1) is 30.0 Å². The van der Waals surface area contributed by atoms with Crippen molar-refractivity contribution in [1.82, 2.24) is 9.47 Å². The summed E-state index contributed by atoms with van der Waals surface area (Å²) in [5.74, 6) is 1.02. The second-order valence-corrected chi connectivity index (χ2v) is 9.59. The summed E-state index contributed by atoms with van der Waals surface area (Å²) in [6.07, 6.45) is 1.87. The Balaban J connectivity index is 2.02. The van der Waals surface area contributed by atoms with Gasteiger partial charge in [-0.1, -0.05) is 41.2 Å². The summed E-state index contributed by atoms with van der Waals surface area (Å²) in [7, 11) is 3.16. The van der Waals surface area contributed by atoms with Crippen molar-refractivity contribution in [1.29, 1.82) is 0 Å². The number of hydrogen-bond donors (Lipinski definition) is 0. The number of rotatable bonds is 7. The smallest absolute Gasteiger partial charge is 0.271 e. The molecule has 1 aliphatic rings. The van der Waals surface area contributed by atoms with E-state index in [4.69, 9.17) is 14.5 Å². The Labute approximate surface area is 214 Å². The normalized spacial score (nSPS) is 15.4. The van der Waals surface area contributed by atoms with E-state index in [2.05, 4.69) is 0 Å². The predicted octanol–water partition coefficient (Wildman–Crippen LogP) is 3.43. The van der Waals surface area contributed by atoms with Crippen LogP contribution < -0.4 is 24.4 Å². The molecule has 3 aromatic rings. The number of carbonyl (C=O) groups excluding carboxylic acids is 1. The van der Waals surface area contributed by atoms with Crippen molar-refractivity contribution < 1.29 is 14.3 Å². The van der Waals surface area contributed by atoms with Gasteiger partial charge in [0.2, 0.25) is 0 Å². The first-order valence-electron chi connectivity index (χ1n) is 11.9. The number of carbonyl (C=O) groups is 1. The largest absolute Gasteiger partial charge is 0.497 e. The van der Waals surface area contributed by atoms with Crippen LogP contribution >= 0.6 is 11.3 Å². The van der Waals surface area contributed by atoms with Crippen LogP contribution in [0.1, 0.15) is 43.5 Å². The highest BCUT2D eigenvalue weighted by Crippen LogP contribution is 2.38. The molecule has 0 saturated carbocycles. The van der Waals surface area contributed by atoms with Gasteiger partial charge in [-0.3, -0.25) is 14.2 Å². The number of nitrogens with zero attached hydrogens (tertiary/aromatic N) is 3. The molecule has 0 saturated heterocycles. The highest BCUT2D eigenvalue weighted by Gasteiger charge is 2.36. The third-order valence-corrected chi connectivity index (χ3v) is 7.39. The molecule has 2 heterocycles. The second-order valence-electron chi connectivity index (χ2n) is 8.58. The minimum absolute atomic E-state index is 0.149. The summed E-state index contributed by atoms with van der Waals surface area (Å²) in [6.45, 7) is 8.83. The fourth-order valence-corrected chi connectivity index (χ4v) is 5.48. The highest BCUT2D eigenvalue weighted by atomic mass is 32.1. The first-order chi connectivity index (χ1) is 17.3. The van der Waals surface area contributed by atoms with Gasteiger partial charge in [0.25, 0.3) is 11.5 Å². The van der Waals surface area contributed by atoms with Crippen LogP contribution in [-0.4, -0.2) is 42.7 Å². The zero-order valence-corrected chi connectivity index (χ0v) is 22.3. The van der Waals surface area contributed by atoms with Gasteiger partial charge < -0.3 is 14.4 Å². The van der Waals surface area contributed by atoms with Crippen molar-refractivity contribution in [3.05, 3.63) is 90.1 Å². The van der Waals surface area contributed by atoms with Gasteiger partial charge >= 0.3 is 0 Å². The molecule has 1 amide bonds. The summed E-state index contributed by atoms with van der Waals surface area (Å²) < 4.78 is 13.3. The Morgan fingerprint density at radius 2 is 1.78 bits per heavy atom. The Bertz CT molecular complexity index is 1490. The summed E-state index contributed by atoms with van der Waals surface area (Å²) in [6, 6.07) is 12.7. The Morgan fingerprint density at radius 3 is 2.39 bits per heavy atom. The van der Waals surface area contributed by atoms with E-state index >= 15 is 0 Å². The Hall–Kier alpha value is -3.65. The maximum absolute atomic E-state index is 13.9. The fourth-order valence-electron chi connectivity index (χ4n) is 4.44. The predicted molar refractivity (Wildman–Crippen MR) is 142 cm³/mol. The number of likely N-dealkylation sites (N-methyl/N-ethyl adjacent to an activating group) is 1. The Morgan fingerprint density at radius 1 is 1.08 bits per heavy atom. The van der Waals surface area contributed by atoms with Crippen LogP contribution in [0.3, 0.4) is 0 Å². The number of ether oxygens (including phenoxy) is 2. The van der Waals surface area contributed by atoms with E-state index in [1.165, 1.54) is 11.3 Å². The molecule has 188 valence electrons. The minimum atomic E-state index is -0.709. The number of aryl methyl sites for hydroxylation is 1. The average molecular weight is 506 g/mol. The fraction of sp³-hybridized carbons (Fsp3) is 0.321. The highest BCUT2D eigenvalue weighted by molar-refractivity contribution is 7.07. The van der Waals surface area contributed by atoms with E-state index in [0.29, 0.717) is 50.8 Å². The lowest BCUT2D eigenvalue weighted by Crippen LogP contribution is -2.43. The van der Waals surface area contributed by atoms with Gasteiger partial charge in [0, 0.05) is 18.7 Å². The maximum atomic E-state index is 13.9. The van der Waals surface area contributed by atoms with E-state index in [-0.39, 0.29) is 11.5 Å². The third kappa shape index (κ3) is 4.60.